The van der Waals surface area contributed by atoms with Crippen LogP contribution in [0.5, 0.6) is 0 Å². The summed E-state index contributed by atoms with van der Waals surface area (Å²) >= 11 is 0. The Morgan fingerprint density at radius 3 is 3.03 bits per heavy atom. The number of carbonyl (C=O) groups excluding carboxylic acids is 2. The summed E-state index contributed by atoms with van der Waals surface area (Å²) in [6, 6.07) is 4.38. The van der Waals surface area contributed by atoms with Gasteiger partial charge in [-0.15, -0.1) is 0 Å². The molecule has 0 radical (unpaired) electrons. The summed E-state index contributed by atoms with van der Waals surface area (Å²) in [6.07, 6.45) is 7.66. The topological polar surface area (TPSA) is 78.5 Å². The first-order chi connectivity index (χ1) is 14.4. The van der Waals surface area contributed by atoms with Crippen LogP contribution in [0.1, 0.15) is 11.1 Å². The van der Waals surface area contributed by atoms with Crippen molar-refractivity contribution >= 4 is 17.5 Å². The molecule has 4 heterocycles. The van der Waals surface area contributed by atoms with Crippen molar-refractivity contribution in [3.8, 4) is 0 Å². The number of nitrogens with one attached hydrogen (secondary N) is 1. The van der Waals surface area contributed by atoms with Crippen LogP contribution >= 0.6 is 0 Å². The minimum Gasteiger partial charge on any atom is -0.360 e. The van der Waals surface area contributed by atoms with Crippen molar-refractivity contribution in [3.05, 3.63) is 59.7 Å². The third-order valence-corrected chi connectivity index (χ3v) is 6.50. The minimum atomic E-state index is -0.797. The second-order valence-corrected chi connectivity index (χ2v) is 8.37. The normalized spacial score (nSPS) is 29.0. The van der Waals surface area contributed by atoms with Gasteiger partial charge in [0.1, 0.15) is 11.4 Å². The number of H-pyrrole nitrogens is 1. The summed E-state index contributed by atoms with van der Waals surface area (Å²) in [5.74, 6) is -1.70. The van der Waals surface area contributed by atoms with Crippen LogP contribution < -0.4 is 4.90 Å². The first kappa shape index (κ1) is 19.0. The molecule has 2 aromatic rings. The number of ether oxygens (including phenoxy) is 1. The number of nitrogens with zero attached hydrogens (tertiary/aromatic N) is 3. The van der Waals surface area contributed by atoms with Gasteiger partial charge in [-0.1, -0.05) is 12.2 Å². The number of aromatic amines is 1. The van der Waals surface area contributed by atoms with E-state index in [1.54, 1.807) is 42.2 Å². The molecule has 156 valence electrons. The SMILES string of the molecule is Cc1cc(F)ccc1N1C[C@]23C=C[C@H](O2)C(C(=O)N(C)CCc2cn[nH]c2)C3C1=O. The second-order valence-electron chi connectivity index (χ2n) is 8.37. The molecule has 2 saturated heterocycles. The number of anilines is 1. The molecule has 2 bridgehead atoms. The lowest BCUT2D eigenvalue weighted by molar-refractivity contribution is -0.139. The fourth-order valence-electron chi connectivity index (χ4n) is 4.98. The van der Waals surface area contributed by atoms with Gasteiger partial charge in [0.15, 0.2) is 0 Å². The minimum absolute atomic E-state index is 0.0919. The van der Waals surface area contributed by atoms with Crippen LogP contribution in [-0.2, 0) is 20.7 Å². The summed E-state index contributed by atoms with van der Waals surface area (Å²) in [6.45, 7) is 2.64. The predicted octanol–water partition coefficient (Wildman–Crippen LogP) is 1.84. The van der Waals surface area contributed by atoms with Gasteiger partial charge < -0.3 is 14.5 Å². The molecule has 4 atom stereocenters. The number of fused-ring (bicyclic) bond motifs is 1. The maximum absolute atomic E-state index is 13.5. The van der Waals surface area contributed by atoms with E-state index in [9.17, 15) is 14.0 Å². The van der Waals surface area contributed by atoms with E-state index in [0.717, 1.165) is 5.56 Å². The summed E-state index contributed by atoms with van der Waals surface area (Å²) in [5, 5.41) is 6.69. The molecule has 7 nitrogen and oxygen atoms in total. The molecule has 1 N–H and O–H groups in total. The molecule has 30 heavy (non-hydrogen) atoms. The van der Waals surface area contributed by atoms with Crippen LogP contribution in [0.15, 0.2) is 42.7 Å². The Balaban J connectivity index is 1.39. The van der Waals surface area contributed by atoms with Gasteiger partial charge in [0.2, 0.25) is 11.8 Å². The van der Waals surface area contributed by atoms with E-state index in [1.165, 1.54) is 12.1 Å². The first-order valence-electron chi connectivity index (χ1n) is 10.1. The van der Waals surface area contributed by atoms with Crippen molar-refractivity contribution in [2.45, 2.75) is 25.0 Å². The van der Waals surface area contributed by atoms with Gasteiger partial charge in [-0.05, 0) is 42.7 Å². The first-order valence-corrected chi connectivity index (χ1v) is 10.1. The highest BCUT2D eigenvalue weighted by atomic mass is 19.1. The van der Waals surface area contributed by atoms with Crippen molar-refractivity contribution in [3.63, 3.8) is 0 Å². The van der Waals surface area contributed by atoms with Gasteiger partial charge >= 0.3 is 0 Å². The Labute approximate surface area is 173 Å². The number of aryl methyl sites for hydroxylation is 1. The highest BCUT2D eigenvalue weighted by molar-refractivity contribution is 6.03. The Morgan fingerprint density at radius 1 is 1.47 bits per heavy atom. The molecule has 0 aliphatic carbocycles. The van der Waals surface area contributed by atoms with Crippen LogP contribution in [0.4, 0.5) is 10.1 Å². The number of benzene rings is 1. The summed E-state index contributed by atoms with van der Waals surface area (Å²) in [7, 11) is 1.76. The number of amides is 2. The standard InChI is InChI=1S/C22H23FN4O3/c1-13-9-15(23)3-4-16(13)27-12-22-7-5-17(30-22)18(19(22)21(27)29)20(28)26(2)8-6-14-10-24-25-11-14/h3-5,7,9-11,17-19H,6,8,12H2,1-2H3,(H,24,25)/t17-,18?,19?,22-/m0/s1. The number of hydrogen-bond donors (Lipinski definition) is 1. The molecular formula is C22H23FN4O3. The number of likely N-dealkylation sites (N-methyl/N-ethyl adjacent to an activating group) is 1. The van der Waals surface area contributed by atoms with E-state index in [0.29, 0.717) is 30.8 Å². The quantitative estimate of drug-likeness (QED) is 0.763. The van der Waals surface area contributed by atoms with Crippen LogP contribution in [0.3, 0.4) is 0 Å². The zero-order valence-electron chi connectivity index (χ0n) is 16.8. The van der Waals surface area contributed by atoms with Gasteiger partial charge in [0.05, 0.1) is 30.7 Å². The van der Waals surface area contributed by atoms with Gasteiger partial charge in [0.25, 0.3) is 0 Å². The molecule has 1 aromatic carbocycles. The smallest absolute Gasteiger partial charge is 0.234 e. The highest BCUT2D eigenvalue weighted by Gasteiger charge is 2.67. The second kappa shape index (κ2) is 6.77. The molecule has 8 heteroatoms. The maximum Gasteiger partial charge on any atom is 0.234 e. The molecule has 2 fully saturated rings. The molecule has 3 aliphatic heterocycles. The summed E-state index contributed by atoms with van der Waals surface area (Å²) in [5.41, 5.74) is 1.56. The number of rotatable bonds is 5. The third-order valence-electron chi connectivity index (χ3n) is 6.50. The molecule has 1 aromatic heterocycles. The van der Waals surface area contributed by atoms with E-state index in [-0.39, 0.29) is 23.7 Å². The molecule has 1 spiro atoms. The van der Waals surface area contributed by atoms with Gasteiger partial charge in [-0.2, -0.15) is 5.10 Å². The average molecular weight is 410 g/mol. The van der Waals surface area contributed by atoms with E-state index in [1.807, 2.05) is 12.2 Å². The largest absolute Gasteiger partial charge is 0.360 e. The van der Waals surface area contributed by atoms with E-state index in [2.05, 4.69) is 10.2 Å². The Kier molecular flexibility index (Phi) is 4.28. The highest BCUT2D eigenvalue weighted by Crippen LogP contribution is 2.53. The number of halogens is 1. The number of hydrogen-bond acceptors (Lipinski definition) is 4. The lowest BCUT2D eigenvalue weighted by atomic mass is 9.76. The zero-order chi connectivity index (χ0) is 21.0. The van der Waals surface area contributed by atoms with Crippen molar-refractivity contribution in [2.24, 2.45) is 11.8 Å². The molecule has 5 rings (SSSR count). The van der Waals surface area contributed by atoms with Gasteiger partial charge in [-0.25, -0.2) is 4.39 Å². The Bertz CT molecular complexity index is 1040. The monoisotopic (exact) mass is 410 g/mol. The average Bonchev–Trinajstić information content (AvgIpc) is 3.48. The maximum atomic E-state index is 13.5. The van der Waals surface area contributed by atoms with Crippen molar-refractivity contribution in [1.82, 2.24) is 15.1 Å². The Hall–Kier alpha value is -3.00. The number of carbonyl (C=O) groups is 2. The zero-order valence-corrected chi connectivity index (χ0v) is 16.8. The molecule has 2 unspecified atom stereocenters. The van der Waals surface area contributed by atoms with E-state index in [4.69, 9.17) is 4.74 Å². The molecule has 0 saturated carbocycles. The van der Waals surface area contributed by atoms with Crippen LogP contribution in [0, 0.1) is 24.6 Å². The third kappa shape index (κ3) is 2.78. The Morgan fingerprint density at radius 2 is 2.30 bits per heavy atom. The van der Waals surface area contributed by atoms with Crippen LogP contribution in [-0.4, -0.2) is 58.8 Å². The van der Waals surface area contributed by atoms with Crippen molar-refractivity contribution < 1.29 is 18.7 Å². The summed E-state index contributed by atoms with van der Waals surface area (Å²) < 4.78 is 19.7. The fourth-order valence-corrected chi connectivity index (χ4v) is 4.98. The van der Waals surface area contributed by atoms with Crippen molar-refractivity contribution in [1.29, 1.82) is 0 Å². The van der Waals surface area contributed by atoms with Crippen LogP contribution in [0.25, 0.3) is 0 Å². The lowest BCUT2D eigenvalue weighted by Gasteiger charge is -2.27. The van der Waals surface area contributed by atoms with Gasteiger partial charge in [-0.3, -0.25) is 14.7 Å². The molecular weight excluding hydrogens is 387 g/mol. The number of aromatic nitrogens is 2. The van der Waals surface area contributed by atoms with E-state index < -0.39 is 17.4 Å². The summed E-state index contributed by atoms with van der Waals surface area (Å²) in [4.78, 5) is 30.0. The van der Waals surface area contributed by atoms with Crippen LogP contribution in [0.2, 0.25) is 0 Å². The van der Waals surface area contributed by atoms with E-state index >= 15 is 0 Å². The molecule has 3 aliphatic rings. The van der Waals surface area contributed by atoms with Gasteiger partial charge in [0, 0.05) is 25.5 Å². The predicted molar refractivity (Wildman–Crippen MR) is 107 cm³/mol. The van der Waals surface area contributed by atoms with Crippen molar-refractivity contribution in [2.75, 3.05) is 25.0 Å². The lowest BCUT2D eigenvalue weighted by Crippen LogP contribution is -2.45. The fraction of sp³-hybridized carbons (Fsp3) is 0.409. The molecule has 2 amide bonds.